The highest BCUT2D eigenvalue weighted by molar-refractivity contribution is 6.01. The monoisotopic (exact) mass is 402 g/mol. The van der Waals surface area contributed by atoms with Crippen molar-refractivity contribution >= 4 is 11.6 Å². The van der Waals surface area contributed by atoms with Crippen molar-refractivity contribution in [2.75, 3.05) is 51.7 Å². The number of likely N-dealkylation sites (tertiary alicyclic amines) is 1. The van der Waals surface area contributed by atoms with Gasteiger partial charge in [-0.25, -0.2) is 0 Å². The fourth-order valence-electron chi connectivity index (χ4n) is 5.16. The maximum atomic E-state index is 13.9. The third kappa shape index (κ3) is 4.22. The first-order valence-electron chi connectivity index (χ1n) is 11.0. The van der Waals surface area contributed by atoms with Crippen molar-refractivity contribution in [3.05, 3.63) is 29.3 Å². The number of nitrogens with one attached hydrogen (secondary N) is 1. The van der Waals surface area contributed by atoms with Crippen LogP contribution in [-0.4, -0.2) is 85.3 Å². The van der Waals surface area contributed by atoms with Gasteiger partial charge in [0, 0.05) is 37.9 Å². The summed E-state index contributed by atoms with van der Waals surface area (Å²) in [5.74, 6) is 0.198. The molecule has 2 saturated heterocycles. The van der Waals surface area contributed by atoms with E-state index < -0.39 is 5.54 Å². The van der Waals surface area contributed by atoms with Gasteiger partial charge in [-0.1, -0.05) is 18.2 Å². The minimum absolute atomic E-state index is 0.153. The Kier molecular flexibility index (Phi) is 6.99. The van der Waals surface area contributed by atoms with Crippen molar-refractivity contribution in [2.24, 2.45) is 0 Å². The van der Waals surface area contributed by atoms with Crippen molar-refractivity contribution < 1.29 is 9.90 Å². The lowest BCUT2D eigenvalue weighted by Crippen LogP contribution is -2.65. The molecule has 6 heteroatoms. The number of hydrogen-bond acceptors (Lipinski definition) is 5. The maximum absolute atomic E-state index is 13.9. The van der Waals surface area contributed by atoms with Crippen molar-refractivity contribution in [1.82, 2.24) is 15.1 Å². The smallest absolute Gasteiger partial charge is 0.247 e. The number of para-hydroxylation sites is 1. The van der Waals surface area contributed by atoms with Crippen LogP contribution in [0.1, 0.15) is 37.3 Å². The van der Waals surface area contributed by atoms with Crippen LogP contribution in [0.5, 0.6) is 0 Å². The number of likely N-dealkylation sites (N-methyl/N-ethyl adjacent to an activating group) is 2. The van der Waals surface area contributed by atoms with Gasteiger partial charge in [-0.05, 0) is 71.8 Å². The molecule has 2 heterocycles. The molecule has 2 aliphatic heterocycles. The molecule has 6 nitrogen and oxygen atoms in total. The molecule has 2 N–H and O–H groups in total. The van der Waals surface area contributed by atoms with Gasteiger partial charge in [-0.2, -0.15) is 0 Å². The second-order valence-electron chi connectivity index (χ2n) is 8.88. The largest absolute Gasteiger partial charge is 0.391 e. The molecule has 2 fully saturated rings. The van der Waals surface area contributed by atoms with E-state index in [2.05, 4.69) is 54.1 Å². The van der Waals surface area contributed by atoms with Gasteiger partial charge >= 0.3 is 0 Å². The Morgan fingerprint density at radius 2 is 1.86 bits per heavy atom. The van der Waals surface area contributed by atoms with E-state index in [1.165, 1.54) is 0 Å². The zero-order valence-corrected chi connectivity index (χ0v) is 18.7. The molecule has 29 heavy (non-hydrogen) atoms. The predicted octanol–water partition coefficient (Wildman–Crippen LogP) is 1.78. The molecular formula is C23H38N4O2. The Bertz CT molecular complexity index is 693. The van der Waals surface area contributed by atoms with Crippen LogP contribution in [0.25, 0.3) is 0 Å². The summed E-state index contributed by atoms with van der Waals surface area (Å²) in [6.45, 7) is 10.3. The molecule has 2 aliphatic rings. The van der Waals surface area contributed by atoms with Gasteiger partial charge in [-0.3, -0.25) is 14.6 Å². The third-order valence-corrected chi connectivity index (χ3v) is 7.03. The molecule has 162 valence electrons. The standard InChI is InChI=1S/C23H38N4O2/c1-6-27(21-17(2)8-7-9-18(21)3)22(29)23(25(4)5)11-14-26(15-12-23)19-16-24-13-10-20(19)28/h7-9,19-20,24,28H,6,10-16H2,1-5H3/t19-,20-/m0/s1. The number of aliphatic hydroxyl groups is 1. The van der Waals surface area contributed by atoms with Gasteiger partial charge in [0.25, 0.3) is 0 Å². The number of aliphatic hydroxyl groups excluding tert-OH is 1. The summed E-state index contributed by atoms with van der Waals surface area (Å²) in [6.07, 6.45) is 2.09. The summed E-state index contributed by atoms with van der Waals surface area (Å²) in [5, 5.41) is 13.8. The summed E-state index contributed by atoms with van der Waals surface area (Å²) in [4.78, 5) is 20.4. The number of anilines is 1. The Hall–Kier alpha value is -1.47. The summed E-state index contributed by atoms with van der Waals surface area (Å²) < 4.78 is 0. The minimum Gasteiger partial charge on any atom is -0.391 e. The summed E-state index contributed by atoms with van der Waals surface area (Å²) in [7, 11) is 4.06. The normalized spacial score (nSPS) is 25.2. The van der Waals surface area contributed by atoms with Crippen LogP contribution in [-0.2, 0) is 4.79 Å². The van der Waals surface area contributed by atoms with E-state index in [1.54, 1.807) is 0 Å². The molecule has 0 unspecified atom stereocenters. The maximum Gasteiger partial charge on any atom is 0.247 e. The van der Waals surface area contributed by atoms with Gasteiger partial charge in [0.2, 0.25) is 5.91 Å². The van der Waals surface area contributed by atoms with Gasteiger partial charge in [0.1, 0.15) is 5.54 Å². The van der Waals surface area contributed by atoms with Gasteiger partial charge < -0.3 is 15.3 Å². The number of piperidine rings is 2. The van der Waals surface area contributed by atoms with Crippen LogP contribution in [0, 0.1) is 13.8 Å². The fourth-order valence-corrected chi connectivity index (χ4v) is 5.16. The second-order valence-corrected chi connectivity index (χ2v) is 8.88. The molecule has 0 aliphatic carbocycles. The summed E-state index contributed by atoms with van der Waals surface area (Å²) in [6, 6.07) is 6.37. The molecule has 0 saturated carbocycles. The predicted molar refractivity (Wildman–Crippen MR) is 118 cm³/mol. The number of carbonyl (C=O) groups excluding carboxylic acids is 1. The van der Waals surface area contributed by atoms with Crippen LogP contribution in [0.2, 0.25) is 0 Å². The quantitative estimate of drug-likeness (QED) is 0.786. The van der Waals surface area contributed by atoms with Gasteiger partial charge in [-0.15, -0.1) is 0 Å². The topological polar surface area (TPSA) is 59.1 Å². The minimum atomic E-state index is -0.506. The second kappa shape index (κ2) is 9.13. The van der Waals surface area contributed by atoms with E-state index in [-0.39, 0.29) is 18.1 Å². The first kappa shape index (κ1) is 22.2. The molecule has 0 bridgehead atoms. The number of nitrogens with zero attached hydrogens (tertiary/aromatic N) is 3. The highest BCUT2D eigenvalue weighted by Gasteiger charge is 2.47. The SMILES string of the molecule is CCN(C(=O)C1(N(C)C)CCN([C@H]2CNCC[C@@H]2O)CC1)c1c(C)cccc1C. The van der Waals surface area contributed by atoms with Gasteiger partial charge in [0.05, 0.1) is 6.10 Å². The van der Waals surface area contributed by atoms with E-state index in [1.807, 2.05) is 19.0 Å². The van der Waals surface area contributed by atoms with Crippen LogP contribution < -0.4 is 10.2 Å². The van der Waals surface area contributed by atoms with E-state index >= 15 is 0 Å². The van der Waals surface area contributed by atoms with Crippen LogP contribution in [0.15, 0.2) is 18.2 Å². The van der Waals surface area contributed by atoms with E-state index in [0.29, 0.717) is 6.54 Å². The average molecular weight is 403 g/mol. The molecule has 0 spiro atoms. The van der Waals surface area contributed by atoms with E-state index in [4.69, 9.17) is 0 Å². The molecule has 2 atom stereocenters. The van der Waals surface area contributed by atoms with Crippen molar-refractivity contribution in [3.63, 3.8) is 0 Å². The third-order valence-electron chi connectivity index (χ3n) is 7.03. The molecule has 1 aromatic rings. The van der Waals surface area contributed by atoms with E-state index in [9.17, 15) is 9.90 Å². The van der Waals surface area contributed by atoms with Crippen LogP contribution in [0.4, 0.5) is 5.69 Å². The molecule has 1 aromatic carbocycles. The average Bonchev–Trinajstić information content (AvgIpc) is 2.71. The number of aryl methyl sites for hydroxylation is 2. The zero-order valence-electron chi connectivity index (χ0n) is 18.7. The first-order chi connectivity index (χ1) is 13.8. The molecule has 0 radical (unpaired) electrons. The number of rotatable bonds is 5. The van der Waals surface area contributed by atoms with Gasteiger partial charge in [0.15, 0.2) is 0 Å². The lowest BCUT2D eigenvalue weighted by atomic mass is 9.83. The zero-order chi connectivity index (χ0) is 21.2. The molecule has 3 rings (SSSR count). The number of carbonyl (C=O) groups is 1. The van der Waals surface area contributed by atoms with Crippen molar-refractivity contribution in [1.29, 1.82) is 0 Å². The lowest BCUT2D eigenvalue weighted by Gasteiger charge is -2.49. The molecule has 0 aromatic heterocycles. The summed E-state index contributed by atoms with van der Waals surface area (Å²) in [5.41, 5.74) is 2.83. The first-order valence-corrected chi connectivity index (χ1v) is 11.0. The van der Waals surface area contributed by atoms with E-state index in [0.717, 1.165) is 62.3 Å². The number of benzene rings is 1. The Morgan fingerprint density at radius 1 is 1.24 bits per heavy atom. The fraction of sp³-hybridized carbons (Fsp3) is 0.696. The lowest BCUT2D eigenvalue weighted by molar-refractivity contribution is -0.133. The van der Waals surface area contributed by atoms with Crippen molar-refractivity contribution in [3.8, 4) is 0 Å². The number of amides is 1. The highest BCUT2D eigenvalue weighted by atomic mass is 16.3. The summed E-state index contributed by atoms with van der Waals surface area (Å²) >= 11 is 0. The highest BCUT2D eigenvalue weighted by Crippen LogP contribution is 2.34. The number of hydrogen-bond donors (Lipinski definition) is 2. The van der Waals surface area contributed by atoms with Crippen LogP contribution in [0.3, 0.4) is 0 Å². The Morgan fingerprint density at radius 3 is 2.38 bits per heavy atom. The molecular weight excluding hydrogens is 364 g/mol. The van der Waals surface area contributed by atoms with Crippen LogP contribution >= 0.6 is 0 Å². The Labute approximate surface area is 175 Å². The molecule has 1 amide bonds. The Balaban J connectivity index is 1.83. The van der Waals surface area contributed by atoms with Crippen molar-refractivity contribution in [2.45, 2.75) is 57.7 Å².